The molecule has 45 heavy (non-hydrogen) atoms. The number of ether oxygens (including phenoxy) is 4. The number of aliphatic hydroxyl groups is 6. The van der Waals surface area contributed by atoms with Crippen LogP contribution in [0.15, 0.2) is 11.6 Å². The maximum atomic E-state index is 12.6. The van der Waals surface area contributed by atoms with Crippen molar-refractivity contribution in [1.29, 1.82) is 0 Å². The summed E-state index contributed by atoms with van der Waals surface area (Å²) in [5.41, 5.74) is -2.00. The molecule has 8 aliphatic rings. The molecule has 8 rings (SSSR count). The molecule has 3 heterocycles. The van der Waals surface area contributed by atoms with E-state index in [1.165, 1.54) is 5.57 Å². The van der Waals surface area contributed by atoms with Crippen molar-refractivity contribution in [2.75, 3.05) is 6.61 Å². The molecule has 7 fully saturated rings. The van der Waals surface area contributed by atoms with Gasteiger partial charge in [0, 0.05) is 22.2 Å². The molecule has 6 N–H and O–H groups in total. The van der Waals surface area contributed by atoms with Gasteiger partial charge >= 0.3 is 0 Å². The van der Waals surface area contributed by atoms with Gasteiger partial charge in [-0.3, -0.25) is 0 Å². The Hall–Kier alpha value is -0.660. The highest BCUT2D eigenvalue weighted by atomic mass is 16.8. The average Bonchev–Trinajstić information content (AvgIpc) is 3.44. The van der Waals surface area contributed by atoms with Crippen molar-refractivity contribution >= 4 is 0 Å². The quantitative estimate of drug-likeness (QED) is 0.254. The summed E-state index contributed by atoms with van der Waals surface area (Å²) in [5, 5.41) is 66.9. The summed E-state index contributed by atoms with van der Waals surface area (Å²) in [6, 6.07) is 0. The summed E-state index contributed by atoms with van der Waals surface area (Å²) in [6.45, 7) is 14.3. The van der Waals surface area contributed by atoms with Gasteiger partial charge in [-0.2, -0.15) is 0 Å². The Morgan fingerprint density at radius 2 is 1.71 bits per heavy atom. The van der Waals surface area contributed by atoms with Crippen molar-refractivity contribution in [3.8, 4) is 0 Å². The highest BCUT2D eigenvalue weighted by molar-refractivity contribution is 5.49. The van der Waals surface area contributed by atoms with Gasteiger partial charge < -0.3 is 49.6 Å². The highest BCUT2D eigenvalue weighted by Gasteiger charge is 2.88. The molecule has 254 valence electrons. The molecule has 10 heteroatoms. The van der Waals surface area contributed by atoms with Crippen molar-refractivity contribution in [3.63, 3.8) is 0 Å². The van der Waals surface area contributed by atoms with Crippen LogP contribution in [0.1, 0.15) is 87.0 Å². The van der Waals surface area contributed by atoms with Crippen LogP contribution in [0.2, 0.25) is 0 Å². The van der Waals surface area contributed by atoms with Crippen molar-refractivity contribution in [1.82, 2.24) is 0 Å². The minimum Gasteiger partial charge on any atom is -0.392 e. The van der Waals surface area contributed by atoms with E-state index in [0.717, 1.165) is 25.7 Å². The molecule has 4 saturated carbocycles. The minimum absolute atomic E-state index is 0.0557. The lowest BCUT2D eigenvalue weighted by Gasteiger charge is -2.61. The van der Waals surface area contributed by atoms with Gasteiger partial charge in [0.1, 0.15) is 30.5 Å². The van der Waals surface area contributed by atoms with E-state index < -0.39 is 65.1 Å². The fourth-order valence-electron chi connectivity index (χ4n) is 13.2. The lowest BCUT2D eigenvalue weighted by Crippen LogP contribution is -2.61. The second-order valence-corrected chi connectivity index (χ2v) is 17.9. The van der Waals surface area contributed by atoms with Crippen LogP contribution in [0.5, 0.6) is 0 Å². The number of aliphatic hydroxyl groups excluding tert-OH is 5. The Bertz CT molecular complexity index is 1300. The van der Waals surface area contributed by atoms with Crippen LogP contribution in [0.3, 0.4) is 0 Å². The van der Waals surface area contributed by atoms with E-state index in [9.17, 15) is 30.6 Å². The SMILES string of the molecule is CC1CC2OC3(OC2C(C)(C)O)C(O)C2(C)C4=CCC5C(C)(C)C(OC6OCC(O)C(O)C6O)CCC56CC46CC(O)C2(C)C13. The van der Waals surface area contributed by atoms with Crippen molar-refractivity contribution in [3.05, 3.63) is 11.6 Å². The maximum Gasteiger partial charge on any atom is 0.200 e. The molecule has 0 aromatic carbocycles. The van der Waals surface area contributed by atoms with Gasteiger partial charge in [0.2, 0.25) is 0 Å². The fraction of sp³-hybridized carbons (Fsp3) is 0.943. The van der Waals surface area contributed by atoms with Gasteiger partial charge in [-0.1, -0.05) is 46.3 Å². The first-order chi connectivity index (χ1) is 20.8. The largest absolute Gasteiger partial charge is 0.392 e. The molecule has 0 aromatic rings. The number of rotatable bonds is 3. The Morgan fingerprint density at radius 1 is 1.00 bits per heavy atom. The zero-order valence-corrected chi connectivity index (χ0v) is 27.8. The number of hydrogen-bond acceptors (Lipinski definition) is 10. The second kappa shape index (κ2) is 9.11. The average molecular weight is 635 g/mol. The summed E-state index contributed by atoms with van der Waals surface area (Å²) in [4.78, 5) is 0. The van der Waals surface area contributed by atoms with Crippen molar-refractivity contribution in [2.45, 2.75) is 154 Å². The van der Waals surface area contributed by atoms with Gasteiger partial charge in [-0.05, 0) is 75.0 Å². The first-order valence-corrected chi connectivity index (χ1v) is 17.3. The summed E-state index contributed by atoms with van der Waals surface area (Å²) in [7, 11) is 0. The monoisotopic (exact) mass is 634 g/mol. The predicted molar refractivity (Wildman–Crippen MR) is 160 cm³/mol. The third-order valence-corrected chi connectivity index (χ3v) is 15.3. The van der Waals surface area contributed by atoms with E-state index >= 15 is 0 Å². The summed E-state index contributed by atoms with van der Waals surface area (Å²) in [6.07, 6.45) is -0.571. The van der Waals surface area contributed by atoms with E-state index in [-0.39, 0.29) is 52.8 Å². The molecule has 3 saturated heterocycles. The van der Waals surface area contributed by atoms with Crippen LogP contribution >= 0.6 is 0 Å². The van der Waals surface area contributed by atoms with E-state index in [4.69, 9.17) is 18.9 Å². The molecular formula is C35H54O10. The third kappa shape index (κ3) is 3.46. The molecule has 2 bridgehead atoms. The van der Waals surface area contributed by atoms with Gasteiger partial charge in [0.15, 0.2) is 12.1 Å². The summed E-state index contributed by atoms with van der Waals surface area (Å²) >= 11 is 0. The predicted octanol–water partition coefficient (Wildman–Crippen LogP) is 2.01. The van der Waals surface area contributed by atoms with Gasteiger partial charge in [0.05, 0.1) is 30.5 Å². The van der Waals surface area contributed by atoms with Crippen LogP contribution in [-0.4, -0.2) is 104 Å². The Morgan fingerprint density at radius 3 is 2.40 bits per heavy atom. The zero-order chi connectivity index (χ0) is 32.5. The number of fused-ring (bicyclic) bond motifs is 4. The molecule has 0 amide bonds. The van der Waals surface area contributed by atoms with Crippen LogP contribution in [0.25, 0.3) is 0 Å². The van der Waals surface area contributed by atoms with Gasteiger partial charge in [-0.15, -0.1) is 0 Å². The zero-order valence-electron chi connectivity index (χ0n) is 27.8. The summed E-state index contributed by atoms with van der Waals surface area (Å²) in [5.74, 6) is -1.18. The van der Waals surface area contributed by atoms with E-state index in [1.807, 2.05) is 0 Å². The Kier molecular flexibility index (Phi) is 6.40. The normalized spacial score (nSPS) is 61.0. The molecule has 3 spiro atoms. The number of hydrogen-bond donors (Lipinski definition) is 6. The molecular weight excluding hydrogens is 580 g/mol. The van der Waals surface area contributed by atoms with Gasteiger partial charge in [0.25, 0.3) is 0 Å². The lowest BCUT2D eigenvalue weighted by molar-refractivity contribution is -0.301. The fourth-order valence-corrected chi connectivity index (χ4v) is 13.2. The van der Waals surface area contributed by atoms with Gasteiger partial charge in [-0.25, -0.2) is 0 Å². The Balaban J connectivity index is 1.15. The molecule has 17 atom stereocenters. The molecule has 3 aliphatic heterocycles. The first-order valence-electron chi connectivity index (χ1n) is 17.3. The second-order valence-electron chi connectivity index (χ2n) is 17.9. The smallest absolute Gasteiger partial charge is 0.200 e. The van der Waals surface area contributed by atoms with Crippen molar-refractivity contribution in [2.24, 2.45) is 44.8 Å². The van der Waals surface area contributed by atoms with Crippen LogP contribution in [0, 0.1) is 44.8 Å². The van der Waals surface area contributed by atoms with E-state index in [0.29, 0.717) is 12.8 Å². The van der Waals surface area contributed by atoms with E-state index in [1.54, 1.807) is 13.8 Å². The topological polar surface area (TPSA) is 158 Å². The molecule has 0 aromatic heterocycles. The minimum atomic E-state index is -1.33. The highest BCUT2D eigenvalue weighted by Crippen LogP contribution is 2.89. The maximum absolute atomic E-state index is 12.6. The summed E-state index contributed by atoms with van der Waals surface area (Å²) < 4.78 is 25.5. The third-order valence-electron chi connectivity index (χ3n) is 15.3. The van der Waals surface area contributed by atoms with Crippen LogP contribution in [0.4, 0.5) is 0 Å². The molecule has 5 aliphatic carbocycles. The van der Waals surface area contributed by atoms with E-state index in [2.05, 4.69) is 40.7 Å². The standard InChI is InChI=1S/C35H54O10/c1-16-12-18-26(30(4,5)41)45-35(44-18)25(16)32(7)21(37)13-34-15-33(34)11-10-22(43-27-24(39)23(38)17(36)14-42-27)29(2,3)19(33)8-9-20(34)31(32,6)28(35)40/h9,16-19,21-28,36-41H,8,10-15H2,1-7H3. The van der Waals surface area contributed by atoms with Crippen LogP contribution < -0.4 is 0 Å². The molecule has 17 unspecified atom stereocenters. The van der Waals surface area contributed by atoms with Crippen LogP contribution in [-0.2, 0) is 18.9 Å². The lowest BCUT2D eigenvalue weighted by atomic mass is 9.44. The molecule has 0 radical (unpaired) electrons. The Labute approximate surface area is 266 Å². The first kappa shape index (κ1) is 31.6. The molecule has 10 nitrogen and oxygen atoms in total. The number of allylic oxidation sites excluding steroid dienone is 1. The van der Waals surface area contributed by atoms with Crippen molar-refractivity contribution < 1.29 is 49.6 Å².